The number of rotatable bonds is 0. The fourth-order valence-corrected chi connectivity index (χ4v) is 2.48. The lowest BCUT2D eigenvalue weighted by molar-refractivity contribution is 0.102. The number of benzene rings is 1. The van der Waals surface area contributed by atoms with Crippen LogP contribution in [0.5, 0.6) is 0 Å². The number of halogens is 1. The molecule has 1 heterocycles. The lowest BCUT2D eigenvalue weighted by atomic mass is 10.1. The molecule has 12 heavy (non-hydrogen) atoms. The van der Waals surface area contributed by atoms with Gasteiger partial charge in [0.25, 0.3) is 0 Å². The number of Topliss-reactive ketones (excluding diaryl/α,β-unsaturated/α-hetero) is 1. The van der Waals surface area contributed by atoms with E-state index >= 15 is 0 Å². The van der Waals surface area contributed by atoms with Crippen LogP contribution in [0.1, 0.15) is 20.6 Å². The number of hydrogen-bond donors (Lipinski definition) is 0. The maximum atomic E-state index is 11.4. The summed E-state index contributed by atoms with van der Waals surface area (Å²) in [4.78, 5) is 11.4. The van der Waals surface area contributed by atoms with Gasteiger partial charge in [-0.2, -0.15) is 0 Å². The molecule has 0 radical (unpaired) electrons. The highest BCUT2D eigenvalue weighted by Gasteiger charge is 2.23. The standard InChI is InChI=1S/C9H7ClOS/c10-9-7-4-2-1-3-6(7)8(11)5-12-9/h1-4,9H,5H2. The van der Waals surface area contributed by atoms with Gasteiger partial charge >= 0.3 is 0 Å². The third kappa shape index (κ3) is 1.25. The van der Waals surface area contributed by atoms with E-state index in [1.54, 1.807) is 0 Å². The lowest BCUT2D eigenvalue weighted by Crippen LogP contribution is -2.12. The van der Waals surface area contributed by atoms with Gasteiger partial charge in [-0.3, -0.25) is 4.79 Å². The molecule has 0 bridgehead atoms. The Morgan fingerprint density at radius 3 is 2.92 bits per heavy atom. The molecular weight excluding hydrogens is 192 g/mol. The zero-order valence-corrected chi connectivity index (χ0v) is 7.86. The highest BCUT2D eigenvalue weighted by molar-refractivity contribution is 8.01. The van der Waals surface area contributed by atoms with Crippen LogP contribution in [0.3, 0.4) is 0 Å². The van der Waals surface area contributed by atoms with Crippen molar-refractivity contribution in [2.45, 2.75) is 4.71 Å². The highest BCUT2D eigenvalue weighted by Crippen LogP contribution is 2.39. The number of alkyl halides is 1. The molecule has 1 aromatic carbocycles. The molecule has 0 N–H and O–H groups in total. The zero-order chi connectivity index (χ0) is 8.55. The van der Waals surface area contributed by atoms with Crippen LogP contribution in [0.15, 0.2) is 24.3 Å². The van der Waals surface area contributed by atoms with Gasteiger partial charge in [0.15, 0.2) is 5.78 Å². The molecule has 0 amide bonds. The third-order valence-corrected chi connectivity index (χ3v) is 3.45. The first-order valence-corrected chi connectivity index (χ1v) is 5.15. The van der Waals surface area contributed by atoms with Crippen LogP contribution in [-0.2, 0) is 0 Å². The molecule has 1 aliphatic heterocycles. The smallest absolute Gasteiger partial charge is 0.173 e. The summed E-state index contributed by atoms with van der Waals surface area (Å²) in [5.74, 6) is 0.693. The molecule has 0 saturated heterocycles. The average Bonchev–Trinajstić information content (AvgIpc) is 2.12. The number of ketones is 1. The van der Waals surface area contributed by atoms with Crippen LogP contribution in [0, 0.1) is 0 Å². The highest BCUT2D eigenvalue weighted by atomic mass is 35.5. The Labute approximate surface area is 80.1 Å². The van der Waals surface area contributed by atoms with Crippen molar-refractivity contribution in [2.24, 2.45) is 0 Å². The number of hydrogen-bond acceptors (Lipinski definition) is 2. The van der Waals surface area contributed by atoms with Gasteiger partial charge in [-0.25, -0.2) is 0 Å². The zero-order valence-electron chi connectivity index (χ0n) is 6.29. The van der Waals surface area contributed by atoms with Crippen molar-refractivity contribution in [3.8, 4) is 0 Å². The SMILES string of the molecule is O=C1CSC(Cl)c2ccccc21. The Kier molecular flexibility index (Phi) is 2.11. The van der Waals surface area contributed by atoms with E-state index in [-0.39, 0.29) is 10.5 Å². The average molecular weight is 199 g/mol. The van der Waals surface area contributed by atoms with Crippen LogP contribution in [0.25, 0.3) is 0 Å². The number of thioether (sulfide) groups is 1. The fourth-order valence-electron chi connectivity index (χ4n) is 1.27. The first-order valence-electron chi connectivity index (χ1n) is 3.67. The van der Waals surface area contributed by atoms with Crippen LogP contribution < -0.4 is 0 Å². The Morgan fingerprint density at radius 2 is 2.17 bits per heavy atom. The van der Waals surface area contributed by atoms with Gasteiger partial charge in [0, 0.05) is 5.56 Å². The van der Waals surface area contributed by atoms with Crippen molar-refractivity contribution in [1.29, 1.82) is 0 Å². The van der Waals surface area contributed by atoms with Gasteiger partial charge in [-0.1, -0.05) is 24.3 Å². The van der Waals surface area contributed by atoms with Crippen molar-refractivity contribution in [1.82, 2.24) is 0 Å². The maximum Gasteiger partial charge on any atom is 0.173 e. The second-order valence-corrected chi connectivity index (χ2v) is 4.43. The summed E-state index contributed by atoms with van der Waals surface area (Å²) >= 11 is 7.51. The van der Waals surface area contributed by atoms with Gasteiger partial charge in [0.05, 0.1) is 5.75 Å². The van der Waals surface area contributed by atoms with E-state index in [9.17, 15) is 4.79 Å². The van der Waals surface area contributed by atoms with Crippen LogP contribution in [0.2, 0.25) is 0 Å². The molecule has 1 aromatic rings. The monoisotopic (exact) mass is 198 g/mol. The van der Waals surface area contributed by atoms with Gasteiger partial charge < -0.3 is 0 Å². The fraction of sp³-hybridized carbons (Fsp3) is 0.222. The predicted molar refractivity (Wildman–Crippen MR) is 51.8 cm³/mol. The van der Waals surface area contributed by atoms with Crippen molar-refractivity contribution < 1.29 is 4.79 Å². The molecular formula is C9H7ClOS. The molecule has 0 aromatic heterocycles. The van der Waals surface area contributed by atoms with Crippen molar-refractivity contribution >= 4 is 29.1 Å². The normalized spacial score (nSPS) is 22.1. The molecule has 62 valence electrons. The second kappa shape index (κ2) is 3.11. The third-order valence-electron chi connectivity index (χ3n) is 1.87. The molecule has 0 spiro atoms. The molecule has 0 aliphatic carbocycles. The quantitative estimate of drug-likeness (QED) is 0.597. The summed E-state index contributed by atoms with van der Waals surface area (Å²) < 4.78 is -0.0566. The second-order valence-electron chi connectivity index (χ2n) is 2.64. The predicted octanol–water partition coefficient (Wildman–Crippen LogP) is 2.85. The molecule has 3 heteroatoms. The van der Waals surface area contributed by atoms with E-state index in [2.05, 4.69) is 0 Å². The van der Waals surface area contributed by atoms with E-state index in [1.807, 2.05) is 24.3 Å². The Morgan fingerprint density at radius 1 is 1.42 bits per heavy atom. The van der Waals surface area contributed by atoms with Gasteiger partial charge in [-0.15, -0.1) is 23.4 Å². The molecule has 0 fully saturated rings. The topological polar surface area (TPSA) is 17.1 Å². The molecule has 1 nitrogen and oxygen atoms in total. The Hall–Kier alpha value is -0.470. The lowest BCUT2D eigenvalue weighted by Gasteiger charge is -2.18. The van der Waals surface area contributed by atoms with Crippen molar-refractivity contribution in [2.75, 3.05) is 5.75 Å². The summed E-state index contributed by atoms with van der Waals surface area (Å²) in [5, 5.41) is 0. The summed E-state index contributed by atoms with van der Waals surface area (Å²) in [6, 6.07) is 7.54. The molecule has 1 unspecified atom stereocenters. The molecule has 1 aliphatic rings. The summed E-state index contributed by atoms with van der Waals surface area (Å²) in [6.07, 6.45) is 0. The van der Waals surface area contributed by atoms with E-state index in [0.717, 1.165) is 11.1 Å². The largest absolute Gasteiger partial charge is 0.293 e. The van der Waals surface area contributed by atoms with Crippen molar-refractivity contribution in [3.63, 3.8) is 0 Å². The minimum absolute atomic E-state index is 0.0566. The van der Waals surface area contributed by atoms with Gasteiger partial charge in [0.2, 0.25) is 0 Å². The van der Waals surface area contributed by atoms with Gasteiger partial charge in [0.1, 0.15) is 4.71 Å². The molecule has 1 atom stereocenters. The minimum Gasteiger partial charge on any atom is -0.293 e. The molecule has 0 saturated carbocycles. The Bertz CT molecular complexity index is 324. The first kappa shape index (κ1) is 8.14. The minimum atomic E-state index is -0.0566. The number of fused-ring (bicyclic) bond motifs is 1. The Balaban J connectivity index is 2.55. The first-order chi connectivity index (χ1) is 5.79. The summed E-state index contributed by atoms with van der Waals surface area (Å²) in [7, 11) is 0. The van der Waals surface area contributed by atoms with Crippen LogP contribution in [0.4, 0.5) is 0 Å². The van der Waals surface area contributed by atoms with Gasteiger partial charge in [-0.05, 0) is 5.56 Å². The molecule has 2 rings (SSSR count). The maximum absolute atomic E-state index is 11.4. The van der Waals surface area contributed by atoms with E-state index < -0.39 is 0 Å². The van der Waals surface area contributed by atoms with E-state index in [0.29, 0.717) is 5.75 Å². The van der Waals surface area contributed by atoms with Crippen molar-refractivity contribution in [3.05, 3.63) is 35.4 Å². The number of carbonyl (C=O) groups is 1. The van der Waals surface area contributed by atoms with E-state index in [1.165, 1.54) is 11.8 Å². The van der Waals surface area contributed by atoms with Crippen LogP contribution >= 0.6 is 23.4 Å². The summed E-state index contributed by atoms with van der Waals surface area (Å²) in [5.41, 5.74) is 1.75. The van der Waals surface area contributed by atoms with E-state index in [4.69, 9.17) is 11.6 Å². The number of carbonyl (C=O) groups excluding carboxylic acids is 1. The summed E-state index contributed by atoms with van der Waals surface area (Å²) in [6.45, 7) is 0. The van der Waals surface area contributed by atoms with Crippen LogP contribution in [-0.4, -0.2) is 11.5 Å².